The number of nitrogen functional groups attached to an aromatic ring is 1. The van der Waals surface area contributed by atoms with E-state index in [4.69, 9.17) is 17.3 Å². The molecule has 1 aromatic heterocycles. The fourth-order valence-electron chi connectivity index (χ4n) is 1.70. The summed E-state index contributed by atoms with van der Waals surface area (Å²) < 4.78 is 1.87. The maximum absolute atomic E-state index is 5.96. The average molecular weight is 250 g/mol. The smallest absolute Gasteiger partial charge is 0.122 e. The van der Waals surface area contributed by atoms with Gasteiger partial charge in [0, 0.05) is 16.7 Å². The Morgan fingerprint density at radius 1 is 1.35 bits per heavy atom. The zero-order valence-corrected chi connectivity index (χ0v) is 10.8. The maximum atomic E-state index is 5.96. The highest BCUT2D eigenvalue weighted by atomic mass is 35.5. The average Bonchev–Trinajstić information content (AvgIpc) is 2.71. The molecule has 1 atom stereocenters. The minimum Gasteiger partial charge on any atom is -0.384 e. The monoisotopic (exact) mass is 249 g/mol. The van der Waals surface area contributed by atoms with E-state index in [1.54, 1.807) is 0 Å². The van der Waals surface area contributed by atoms with Crippen LogP contribution in [0.1, 0.15) is 26.3 Å². The van der Waals surface area contributed by atoms with E-state index in [0.717, 1.165) is 22.7 Å². The Kier molecular flexibility index (Phi) is 3.38. The van der Waals surface area contributed by atoms with E-state index >= 15 is 0 Å². The molecule has 0 aliphatic heterocycles. The molecule has 2 N–H and O–H groups in total. The standard InChI is InChI=1S/C13H16ClN3/c1-3-9(2)17-13(15)8-12(16-17)10-4-6-11(14)7-5-10/h4-9H,3,15H2,1-2H3. The first-order valence-corrected chi connectivity index (χ1v) is 6.10. The third-order valence-corrected chi connectivity index (χ3v) is 3.16. The molecule has 0 aliphatic carbocycles. The molecule has 1 heterocycles. The lowest BCUT2D eigenvalue weighted by Gasteiger charge is -2.10. The van der Waals surface area contributed by atoms with Crippen molar-refractivity contribution < 1.29 is 0 Å². The van der Waals surface area contributed by atoms with E-state index in [1.165, 1.54) is 0 Å². The summed E-state index contributed by atoms with van der Waals surface area (Å²) in [5, 5.41) is 5.25. The Hall–Kier alpha value is -1.48. The van der Waals surface area contributed by atoms with Crippen LogP contribution in [0.2, 0.25) is 5.02 Å². The molecule has 0 bridgehead atoms. The van der Waals surface area contributed by atoms with Crippen LogP contribution in [0, 0.1) is 0 Å². The minimum absolute atomic E-state index is 0.316. The molecule has 3 nitrogen and oxygen atoms in total. The number of rotatable bonds is 3. The third kappa shape index (κ3) is 2.44. The molecule has 0 saturated carbocycles. The van der Waals surface area contributed by atoms with Crippen molar-refractivity contribution >= 4 is 17.4 Å². The van der Waals surface area contributed by atoms with Crippen molar-refractivity contribution in [2.45, 2.75) is 26.3 Å². The lowest BCUT2D eigenvalue weighted by molar-refractivity contribution is 0.486. The van der Waals surface area contributed by atoms with Crippen LogP contribution >= 0.6 is 11.6 Å². The van der Waals surface area contributed by atoms with Gasteiger partial charge < -0.3 is 5.73 Å². The second-order valence-corrected chi connectivity index (χ2v) is 4.60. The predicted molar refractivity (Wildman–Crippen MR) is 72.1 cm³/mol. The Labute approximate surface area is 106 Å². The van der Waals surface area contributed by atoms with Crippen molar-refractivity contribution in [3.8, 4) is 11.3 Å². The van der Waals surface area contributed by atoms with Crippen molar-refractivity contribution in [3.63, 3.8) is 0 Å². The highest BCUT2D eigenvalue weighted by Crippen LogP contribution is 2.24. The van der Waals surface area contributed by atoms with Crippen LogP contribution in [0.4, 0.5) is 5.82 Å². The number of halogens is 1. The van der Waals surface area contributed by atoms with Gasteiger partial charge in [0.15, 0.2) is 0 Å². The van der Waals surface area contributed by atoms with Crippen LogP contribution in [-0.2, 0) is 0 Å². The highest BCUT2D eigenvalue weighted by molar-refractivity contribution is 6.30. The Balaban J connectivity index is 2.37. The van der Waals surface area contributed by atoms with Gasteiger partial charge in [-0.25, -0.2) is 4.68 Å². The summed E-state index contributed by atoms with van der Waals surface area (Å²) in [4.78, 5) is 0. The number of nitrogens with zero attached hydrogens (tertiary/aromatic N) is 2. The highest BCUT2D eigenvalue weighted by Gasteiger charge is 2.10. The molecule has 2 aromatic rings. The molecule has 0 fully saturated rings. The van der Waals surface area contributed by atoms with Gasteiger partial charge >= 0.3 is 0 Å². The Morgan fingerprint density at radius 2 is 2.00 bits per heavy atom. The van der Waals surface area contributed by atoms with Crippen molar-refractivity contribution in [3.05, 3.63) is 35.4 Å². The van der Waals surface area contributed by atoms with Gasteiger partial charge in [-0.05, 0) is 25.5 Å². The van der Waals surface area contributed by atoms with Crippen molar-refractivity contribution in [1.29, 1.82) is 0 Å². The van der Waals surface area contributed by atoms with E-state index in [-0.39, 0.29) is 0 Å². The molecule has 17 heavy (non-hydrogen) atoms. The summed E-state index contributed by atoms with van der Waals surface area (Å²) in [6.07, 6.45) is 1.01. The quantitative estimate of drug-likeness (QED) is 0.900. The van der Waals surface area contributed by atoms with Crippen LogP contribution in [0.3, 0.4) is 0 Å². The molecule has 1 unspecified atom stereocenters. The van der Waals surface area contributed by atoms with E-state index in [9.17, 15) is 0 Å². The molecule has 0 saturated heterocycles. The molecule has 90 valence electrons. The molecule has 4 heteroatoms. The lowest BCUT2D eigenvalue weighted by Crippen LogP contribution is -2.08. The molecule has 1 aromatic carbocycles. The van der Waals surface area contributed by atoms with Crippen LogP contribution in [0.5, 0.6) is 0 Å². The number of anilines is 1. The largest absolute Gasteiger partial charge is 0.384 e. The second-order valence-electron chi connectivity index (χ2n) is 4.16. The second kappa shape index (κ2) is 4.80. The molecule has 2 rings (SSSR count). The van der Waals surface area contributed by atoms with Gasteiger partial charge in [-0.2, -0.15) is 5.10 Å². The van der Waals surface area contributed by atoms with Gasteiger partial charge in [-0.3, -0.25) is 0 Å². The zero-order valence-electron chi connectivity index (χ0n) is 10.0. The number of hydrogen-bond acceptors (Lipinski definition) is 2. The van der Waals surface area contributed by atoms with Gasteiger partial charge in [-0.15, -0.1) is 0 Å². The number of aromatic nitrogens is 2. The Morgan fingerprint density at radius 3 is 2.59 bits per heavy atom. The van der Waals surface area contributed by atoms with Crippen molar-refractivity contribution in [2.75, 3.05) is 5.73 Å². The van der Waals surface area contributed by atoms with E-state index in [2.05, 4.69) is 18.9 Å². The summed E-state index contributed by atoms with van der Waals surface area (Å²) in [6, 6.07) is 9.83. The van der Waals surface area contributed by atoms with Crippen LogP contribution in [0.25, 0.3) is 11.3 Å². The summed E-state index contributed by atoms with van der Waals surface area (Å²) in [5.74, 6) is 0.698. The first-order valence-electron chi connectivity index (χ1n) is 5.72. The normalized spacial score (nSPS) is 12.6. The van der Waals surface area contributed by atoms with Gasteiger partial charge in [0.05, 0.1) is 11.7 Å². The van der Waals surface area contributed by atoms with E-state index in [0.29, 0.717) is 11.9 Å². The van der Waals surface area contributed by atoms with Crippen LogP contribution in [0.15, 0.2) is 30.3 Å². The van der Waals surface area contributed by atoms with Gasteiger partial charge in [0.25, 0.3) is 0 Å². The fourth-order valence-corrected chi connectivity index (χ4v) is 1.82. The maximum Gasteiger partial charge on any atom is 0.122 e. The van der Waals surface area contributed by atoms with Gasteiger partial charge in [0.2, 0.25) is 0 Å². The fraction of sp³-hybridized carbons (Fsp3) is 0.308. The number of nitrogens with two attached hydrogens (primary N) is 1. The predicted octanol–water partition coefficient (Wildman–Crippen LogP) is 3.76. The summed E-state index contributed by atoms with van der Waals surface area (Å²) in [6.45, 7) is 4.22. The molecular weight excluding hydrogens is 234 g/mol. The van der Waals surface area contributed by atoms with Gasteiger partial charge in [-0.1, -0.05) is 30.7 Å². The topological polar surface area (TPSA) is 43.8 Å². The van der Waals surface area contributed by atoms with Crippen LogP contribution < -0.4 is 5.73 Å². The lowest BCUT2D eigenvalue weighted by atomic mass is 10.1. The van der Waals surface area contributed by atoms with E-state index in [1.807, 2.05) is 35.0 Å². The first kappa shape index (κ1) is 12.0. The van der Waals surface area contributed by atoms with Gasteiger partial charge in [0.1, 0.15) is 5.82 Å². The van der Waals surface area contributed by atoms with Crippen molar-refractivity contribution in [1.82, 2.24) is 9.78 Å². The zero-order chi connectivity index (χ0) is 12.4. The molecule has 0 radical (unpaired) electrons. The van der Waals surface area contributed by atoms with E-state index < -0.39 is 0 Å². The molecule has 0 aliphatic rings. The summed E-state index contributed by atoms with van der Waals surface area (Å²) in [7, 11) is 0. The summed E-state index contributed by atoms with van der Waals surface area (Å²) >= 11 is 5.86. The first-order chi connectivity index (χ1) is 8.11. The Bertz CT molecular complexity index is 502. The molecular formula is C13H16ClN3. The minimum atomic E-state index is 0.316. The molecule has 0 amide bonds. The SMILES string of the molecule is CCC(C)n1nc(-c2ccc(Cl)cc2)cc1N. The van der Waals surface area contributed by atoms with Crippen molar-refractivity contribution in [2.24, 2.45) is 0 Å². The third-order valence-electron chi connectivity index (χ3n) is 2.91. The van der Waals surface area contributed by atoms with Crippen LogP contribution in [-0.4, -0.2) is 9.78 Å². The molecule has 0 spiro atoms. The number of hydrogen-bond donors (Lipinski definition) is 1. The summed E-state index contributed by atoms with van der Waals surface area (Å²) in [5.41, 5.74) is 7.88. The number of benzene rings is 1.